The molecular formula is C10H12BrNO. The largest absolute Gasteiger partial charge is 0.493 e. The maximum Gasteiger partial charge on any atom is 0.122 e. The summed E-state index contributed by atoms with van der Waals surface area (Å²) in [6, 6.07) is 6.39. The molecule has 2 rings (SSSR count). The lowest BCUT2D eigenvalue weighted by Gasteiger charge is -2.03. The van der Waals surface area contributed by atoms with E-state index in [2.05, 4.69) is 39.4 Å². The van der Waals surface area contributed by atoms with E-state index in [1.165, 1.54) is 11.1 Å². The number of fused-ring (bicyclic) bond motifs is 1. The molecule has 0 aliphatic carbocycles. The lowest BCUT2D eigenvalue weighted by molar-refractivity contribution is 0.357. The standard InChI is InChI=1S/C10H12BrNO/c11-7-12-6-8-1-2-10-9(5-8)3-4-13-10/h1-2,5,12H,3-4,6-7H2. The molecule has 0 spiro atoms. The Kier molecular flexibility index (Phi) is 2.86. The monoisotopic (exact) mass is 241 g/mol. The molecule has 0 bridgehead atoms. The van der Waals surface area contributed by atoms with Crippen LogP contribution in [0.5, 0.6) is 5.75 Å². The maximum atomic E-state index is 5.43. The summed E-state index contributed by atoms with van der Waals surface area (Å²) in [7, 11) is 0. The summed E-state index contributed by atoms with van der Waals surface area (Å²) in [5.74, 6) is 1.06. The second-order valence-corrected chi connectivity index (χ2v) is 3.66. The van der Waals surface area contributed by atoms with Crippen LogP contribution < -0.4 is 10.1 Å². The Hall–Kier alpha value is -0.540. The first kappa shape index (κ1) is 9.03. The fourth-order valence-corrected chi connectivity index (χ4v) is 1.74. The summed E-state index contributed by atoms with van der Waals surface area (Å²) in [6.07, 6.45) is 1.05. The first-order valence-corrected chi connectivity index (χ1v) is 5.53. The van der Waals surface area contributed by atoms with Crippen molar-refractivity contribution in [3.05, 3.63) is 29.3 Å². The average molecular weight is 242 g/mol. The third-order valence-corrected chi connectivity index (χ3v) is 2.57. The number of rotatable bonds is 3. The lowest BCUT2D eigenvalue weighted by atomic mass is 10.1. The Morgan fingerprint density at radius 3 is 3.23 bits per heavy atom. The van der Waals surface area contributed by atoms with Crippen LogP contribution in [0.4, 0.5) is 0 Å². The van der Waals surface area contributed by atoms with Crippen LogP contribution in [0.1, 0.15) is 11.1 Å². The highest BCUT2D eigenvalue weighted by Gasteiger charge is 2.11. The molecule has 13 heavy (non-hydrogen) atoms. The van der Waals surface area contributed by atoms with Crippen LogP contribution in [-0.4, -0.2) is 12.1 Å². The topological polar surface area (TPSA) is 21.3 Å². The zero-order valence-corrected chi connectivity index (χ0v) is 8.93. The van der Waals surface area contributed by atoms with Crippen LogP contribution in [0.15, 0.2) is 18.2 Å². The highest BCUT2D eigenvalue weighted by Crippen LogP contribution is 2.25. The number of nitrogens with one attached hydrogen (secondary N) is 1. The third-order valence-electron chi connectivity index (χ3n) is 2.18. The van der Waals surface area contributed by atoms with Gasteiger partial charge in [-0.1, -0.05) is 28.1 Å². The molecule has 0 saturated carbocycles. The molecule has 1 N–H and O–H groups in total. The molecule has 2 nitrogen and oxygen atoms in total. The quantitative estimate of drug-likeness (QED) is 0.647. The Morgan fingerprint density at radius 1 is 1.46 bits per heavy atom. The fraction of sp³-hybridized carbons (Fsp3) is 0.400. The molecule has 0 amide bonds. The Morgan fingerprint density at radius 2 is 2.38 bits per heavy atom. The molecule has 3 heteroatoms. The van der Waals surface area contributed by atoms with E-state index in [1.54, 1.807) is 0 Å². The molecule has 1 aliphatic heterocycles. The number of benzene rings is 1. The zero-order valence-electron chi connectivity index (χ0n) is 7.35. The van der Waals surface area contributed by atoms with E-state index in [0.717, 1.165) is 30.8 Å². The van der Waals surface area contributed by atoms with Crippen molar-refractivity contribution < 1.29 is 4.74 Å². The normalized spacial score (nSPS) is 13.9. The molecule has 1 heterocycles. The van der Waals surface area contributed by atoms with E-state index >= 15 is 0 Å². The third kappa shape index (κ3) is 2.03. The zero-order chi connectivity index (χ0) is 9.10. The van der Waals surface area contributed by atoms with E-state index in [4.69, 9.17) is 4.74 Å². The van der Waals surface area contributed by atoms with Crippen molar-refractivity contribution in [2.24, 2.45) is 0 Å². The van der Waals surface area contributed by atoms with Gasteiger partial charge >= 0.3 is 0 Å². The van der Waals surface area contributed by atoms with E-state index in [-0.39, 0.29) is 0 Å². The first-order chi connectivity index (χ1) is 6.40. The smallest absolute Gasteiger partial charge is 0.122 e. The maximum absolute atomic E-state index is 5.43. The van der Waals surface area contributed by atoms with Crippen molar-refractivity contribution in [3.63, 3.8) is 0 Å². The number of hydrogen-bond donors (Lipinski definition) is 1. The van der Waals surface area contributed by atoms with Gasteiger partial charge in [-0.25, -0.2) is 0 Å². The van der Waals surface area contributed by atoms with Crippen LogP contribution in [0, 0.1) is 0 Å². The summed E-state index contributed by atoms with van der Waals surface area (Å²) < 4.78 is 5.43. The van der Waals surface area contributed by atoms with E-state index < -0.39 is 0 Å². The Bertz CT molecular complexity index is 301. The first-order valence-electron chi connectivity index (χ1n) is 4.41. The molecular weight excluding hydrogens is 230 g/mol. The van der Waals surface area contributed by atoms with Crippen molar-refractivity contribution in [2.45, 2.75) is 13.0 Å². The number of alkyl halides is 1. The van der Waals surface area contributed by atoms with Gasteiger partial charge in [-0.05, 0) is 17.2 Å². The lowest BCUT2D eigenvalue weighted by Crippen LogP contribution is -2.09. The van der Waals surface area contributed by atoms with Crippen LogP contribution in [0.25, 0.3) is 0 Å². The Balaban J connectivity index is 2.12. The van der Waals surface area contributed by atoms with Crippen molar-refractivity contribution in [1.82, 2.24) is 5.32 Å². The van der Waals surface area contributed by atoms with Gasteiger partial charge in [0.05, 0.1) is 12.1 Å². The second-order valence-electron chi connectivity index (χ2n) is 3.10. The summed E-state index contributed by atoms with van der Waals surface area (Å²) >= 11 is 3.33. The highest BCUT2D eigenvalue weighted by atomic mass is 79.9. The van der Waals surface area contributed by atoms with Gasteiger partial charge in [-0.2, -0.15) is 0 Å². The molecule has 0 atom stereocenters. The van der Waals surface area contributed by atoms with E-state index in [1.807, 2.05) is 0 Å². The minimum absolute atomic E-state index is 0.834. The number of halogens is 1. The fourth-order valence-electron chi connectivity index (χ4n) is 1.54. The predicted octanol–water partition coefficient (Wildman–Crippen LogP) is 2.06. The Labute approximate surface area is 86.4 Å². The molecule has 0 aromatic heterocycles. The van der Waals surface area contributed by atoms with Gasteiger partial charge in [0.15, 0.2) is 0 Å². The average Bonchev–Trinajstić information content (AvgIpc) is 2.61. The predicted molar refractivity (Wildman–Crippen MR) is 56.3 cm³/mol. The van der Waals surface area contributed by atoms with Crippen molar-refractivity contribution >= 4 is 15.9 Å². The summed E-state index contributed by atoms with van der Waals surface area (Å²) in [5, 5.41) is 3.23. The minimum Gasteiger partial charge on any atom is -0.493 e. The van der Waals surface area contributed by atoms with Gasteiger partial charge < -0.3 is 10.1 Å². The van der Waals surface area contributed by atoms with Crippen molar-refractivity contribution in [3.8, 4) is 5.75 Å². The number of hydrogen-bond acceptors (Lipinski definition) is 2. The van der Waals surface area contributed by atoms with Crippen molar-refractivity contribution in [2.75, 3.05) is 12.1 Å². The van der Waals surface area contributed by atoms with Gasteiger partial charge in [-0.15, -0.1) is 0 Å². The molecule has 0 saturated heterocycles. The van der Waals surface area contributed by atoms with E-state index in [0.29, 0.717) is 0 Å². The van der Waals surface area contributed by atoms with Gasteiger partial charge in [0.2, 0.25) is 0 Å². The summed E-state index contributed by atoms with van der Waals surface area (Å²) in [4.78, 5) is 0. The van der Waals surface area contributed by atoms with Gasteiger partial charge in [-0.3, -0.25) is 0 Å². The second kappa shape index (κ2) is 4.11. The van der Waals surface area contributed by atoms with Gasteiger partial charge in [0.1, 0.15) is 5.75 Å². The molecule has 1 aromatic rings. The highest BCUT2D eigenvalue weighted by molar-refractivity contribution is 9.09. The summed E-state index contributed by atoms with van der Waals surface area (Å²) in [6.45, 7) is 1.75. The van der Waals surface area contributed by atoms with Crippen LogP contribution in [0.3, 0.4) is 0 Å². The van der Waals surface area contributed by atoms with Gasteiger partial charge in [0.25, 0.3) is 0 Å². The van der Waals surface area contributed by atoms with Crippen LogP contribution >= 0.6 is 15.9 Å². The molecule has 0 radical (unpaired) electrons. The molecule has 0 unspecified atom stereocenters. The SMILES string of the molecule is BrCNCc1ccc2c(c1)CCO2. The number of ether oxygens (including phenoxy) is 1. The van der Waals surface area contributed by atoms with Crippen molar-refractivity contribution in [1.29, 1.82) is 0 Å². The van der Waals surface area contributed by atoms with Gasteiger partial charge in [0, 0.05) is 13.0 Å². The molecule has 1 aliphatic rings. The van der Waals surface area contributed by atoms with E-state index in [9.17, 15) is 0 Å². The van der Waals surface area contributed by atoms with Crippen LogP contribution in [-0.2, 0) is 13.0 Å². The molecule has 1 aromatic carbocycles. The van der Waals surface area contributed by atoms with Crippen LogP contribution in [0.2, 0.25) is 0 Å². The molecule has 0 fully saturated rings. The minimum atomic E-state index is 0.834. The summed E-state index contributed by atoms with van der Waals surface area (Å²) in [5.41, 5.74) is 3.50. The molecule has 70 valence electrons.